The van der Waals surface area contributed by atoms with Crippen molar-refractivity contribution in [3.8, 4) is 10.8 Å². The summed E-state index contributed by atoms with van der Waals surface area (Å²) >= 11 is 13.2. The van der Waals surface area contributed by atoms with E-state index in [1.807, 2.05) is 0 Å². The normalized spacial score (nSPS) is 10.1. The summed E-state index contributed by atoms with van der Waals surface area (Å²) in [7, 11) is 0. The van der Waals surface area contributed by atoms with Crippen molar-refractivity contribution < 1.29 is 4.74 Å². The van der Waals surface area contributed by atoms with Crippen molar-refractivity contribution in [2.24, 2.45) is 0 Å². The lowest BCUT2D eigenvalue weighted by Crippen LogP contribution is -1.83. The molecule has 2 nitrogen and oxygen atoms in total. The lowest BCUT2D eigenvalue weighted by molar-refractivity contribution is 0.496. The Morgan fingerprint density at radius 2 is 1.93 bits per heavy atom. The first kappa shape index (κ1) is 9.77. The SMILES string of the molecule is Clc1cccc(Cl)c1Oc1cncs1. The zero-order valence-corrected chi connectivity index (χ0v) is 9.23. The molecule has 5 heteroatoms. The summed E-state index contributed by atoms with van der Waals surface area (Å²) in [5, 5.41) is 1.65. The molecule has 0 aliphatic rings. The van der Waals surface area contributed by atoms with Gasteiger partial charge in [-0.15, -0.1) is 0 Å². The molecule has 0 unspecified atom stereocenters. The number of aromatic nitrogens is 1. The van der Waals surface area contributed by atoms with E-state index >= 15 is 0 Å². The molecule has 0 amide bonds. The molecule has 0 atom stereocenters. The minimum absolute atomic E-state index is 0.472. The van der Waals surface area contributed by atoms with Gasteiger partial charge in [0.2, 0.25) is 5.06 Å². The minimum atomic E-state index is 0.472. The summed E-state index contributed by atoms with van der Waals surface area (Å²) in [6.45, 7) is 0. The molecule has 0 saturated carbocycles. The van der Waals surface area contributed by atoms with Crippen LogP contribution in [0.25, 0.3) is 0 Å². The van der Waals surface area contributed by atoms with Gasteiger partial charge in [0.25, 0.3) is 0 Å². The molecule has 0 radical (unpaired) electrons. The Morgan fingerprint density at radius 1 is 1.21 bits per heavy atom. The van der Waals surface area contributed by atoms with Gasteiger partial charge in [0.1, 0.15) is 0 Å². The number of halogens is 2. The molecule has 0 N–H and O–H groups in total. The van der Waals surface area contributed by atoms with E-state index in [-0.39, 0.29) is 0 Å². The summed E-state index contributed by atoms with van der Waals surface area (Å²) in [5.41, 5.74) is 1.68. The Bertz CT molecular complexity index is 410. The van der Waals surface area contributed by atoms with Gasteiger partial charge >= 0.3 is 0 Å². The summed E-state index contributed by atoms with van der Waals surface area (Å²) in [4.78, 5) is 3.89. The molecular weight excluding hydrogens is 241 g/mol. The fourth-order valence-electron chi connectivity index (χ4n) is 0.935. The van der Waals surface area contributed by atoms with Crippen LogP contribution in [0.5, 0.6) is 10.8 Å². The van der Waals surface area contributed by atoms with E-state index in [9.17, 15) is 0 Å². The predicted molar refractivity (Wildman–Crippen MR) is 58.7 cm³/mol. The second-order valence-electron chi connectivity index (χ2n) is 2.47. The third-order valence-electron chi connectivity index (χ3n) is 1.53. The highest BCUT2D eigenvalue weighted by atomic mass is 35.5. The van der Waals surface area contributed by atoms with E-state index < -0.39 is 0 Å². The van der Waals surface area contributed by atoms with E-state index in [0.29, 0.717) is 20.9 Å². The molecule has 0 bridgehead atoms. The number of thiazole rings is 1. The van der Waals surface area contributed by atoms with Crippen molar-refractivity contribution in [1.82, 2.24) is 4.98 Å². The van der Waals surface area contributed by atoms with Crippen LogP contribution in [0.3, 0.4) is 0 Å². The van der Waals surface area contributed by atoms with Crippen LogP contribution in [0.15, 0.2) is 29.9 Å². The number of benzene rings is 1. The zero-order valence-electron chi connectivity index (χ0n) is 6.91. The van der Waals surface area contributed by atoms with Crippen LogP contribution in [0.4, 0.5) is 0 Å². The maximum absolute atomic E-state index is 5.92. The van der Waals surface area contributed by atoms with Gasteiger partial charge in [-0.1, -0.05) is 40.6 Å². The van der Waals surface area contributed by atoms with Crippen molar-refractivity contribution >= 4 is 34.5 Å². The molecule has 0 spiro atoms. The lowest BCUT2D eigenvalue weighted by Gasteiger charge is -2.05. The fourth-order valence-corrected chi connectivity index (χ4v) is 1.89. The molecule has 2 rings (SSSR count). The van der Waals surface area contributed by atoms with Gasteiger partial charge in [-0.25, -0.2) is 4.98 Å². The first-order valence-corrected chi connectivity index (χ1v) is 5.41. The second kappa shape index (κ2) is 4.17. The Balaban J connectivity index is 2.33. The van der Waals surface area contributed by atoms with Crippen LogP contribution >= 0.6 is 34.5 Å². The molecule has 0 saturated heterocycles. The van der Waals surface area contributed by atoms with E-state index in [0.717, 1.165) is 0 Å². The Morgan fingerprint density at radius 3 is 2.50 bits per heavy atom. The van der Waals surface area contributed by atoms with Crippen molar-refractivity contribution in [2.45, 2.75) is 0 Å². The highest BCUT2D eigenvalue weighted by Gasteiger charge is 2.08. The third-order valence-corrected chi connectivity index (χ3v) is 2.77. The van der Waals surface area contributed by atoms with Crippen molar-refractivity contribution in [2.75, 3.05) is 0 Å². The second-order valence-corrected chi connectivity index (χ2v) is 4.14. The van der Waals surface area contributed by atoms with Crippen molar-refractivity contribution in [3.05, 3.63) is 40.0 Å². The van der Waals surface area contributed by atoms with Gasteiger partial charge in [-0.05, 0) is 12.1 Å². The number of para-hydroxylation sites is 1. The van der Waals surface area contributed by atoms with E-state index in [1.54, 1.807) is 29.9 Å². The lowest BCUT2D eigenvalue weighted by atomic mass is 10.3. The summed E-state index contributed by atoms with van der Waals surface area (Å²) in [5.74, 6) is 0.472. The number of nitrogens with zero attached hydrogens (tertiary/aromatic N) is 1. The van der Waals surface area contributed by atoms with Crippen molar-refractivity contribution in [1.29, 1.82) is 0 Å². The predicted octanol–water partition coefficient (Wildman–Crippen LogP) is 4.24. The largest absolute Gasteiger partial charge is 0.442 e. The highest BCUT2D eigenvalue weighted by molar-refractivity contribution is 7.11. The summed E-state index contributed by atoms with van der Waals surface area (Å²) in [6.07, 6.45) is 1.62. The molecular formula is C9H5Cl2NOS. The maximum Gasteiger partial charge on any atom is 0.200 e. The molecule has 0 aliphatic carbocycles. The molecule has 72 valence electrons. The van der Waals surface area contributed by atoms with Crippen LogP contribution in [0, 0.1) is 0 Å². The van der Waals surface area contributed by atoms with Gasteiger partial charge in [-0.2, -0.15) is 0 Å². The topological polar surface area (TPSA) is 22.1 Å². The van der Waals surface area contributed by atoms with Gasteiger partial charge < -0.3 is 4.74 Å². The summed E-state index contributed by atoms with van der Waals surface area (Å²) in [6, 6.07) is 5.22. The van der Waals surface area contributed by atoms with Crippen LogP contribution in [0.2, 0.25) is 10.0 Å². The van der Waals surface area contributed by atoms with Gasteiger partial charge in [-0.3, -0.25) is 0 Å². The maximum atomic E-state index is 5.92. The van der Waals surface area contributed by atoms with E-state index in [4.69, 9.17) is 27.9 Å². The standard InChI is InChI=1S/C9H5Cl2NOS/c10-6-2-1-3-7(11)9(6)13-8-4-12-5-14-8/h1-5H. The molecule has 1 aromatic heterocycles. The number of rotatable bonds is 2. The fraction of sp³-hybridized carbons (Fsp3) is 0. The molecule has 2 aromatic rings. The minimum Gasteiger partial charge on any atom is -0.442 e. The van der Waals surface area contributed by atoms with E-state index in [2.05, 4.69) is 4.98 Å². The zero-order chi connectivity index (χ0) is 9.97. The van der Waals surface area contributed by atoms with Crippen LogP contribution in [0.1, 0.15) is 0 Å². The number of hydrogen-bond acceptors (Lipinski definition) is 3. The Hall–Kier alpha value is -0.770. The molecule has 14 heavy (non-hydrogen) atoms. The third kappa shape index (κ3) is 2.00. The molecule has 1 aromatic carbocycles. The smallest absolute Gasteiger partial charge is 0.200 e. The monoisotopic (exact) mass is 245 g/mol. The van der Waals surface area contributed by atoms with E-state index in [1.165, 1.54) is 11.3 Å². The summed E-state index contributed by atoms with van der Waals surface area (Å²) < 4.78 is 5.47. The first-order chi connectivity index (χ1) is 6.77. The Kier molecular flexibility index (Phi) is 2.91. The average molecular weight is 246 g/mol. The van der Waals surface area contributed by atoms with Gasteiger partial charge in [0.15, 0.2) is 5.75 Å². The van der Waals surface area contributed by atoms with Crippen molar-refractivity contribution in [3.63, 3.8) is 0 Å². The van der Waals surface area contributed by atoms with Crippen LogP contribution in [-0.4, -0.2) is 4.98 Å². The first-order valence-electron chi connectivity index (χ1n) is 3.78. The molecule has 0 fully saturated rings. The number of ether oxygens (including phenoxy) is 1. The molecule has 1 heterocycles. The van der Waals surface area contributed by atoms with Crippen LogP contribution < -0.4 is 4.74 Å². The highest BCUT2D eigenvalue weighted by Crippen LogP contribution is 2.36. The number of hydrogen-bond donors (Lipinski definition) is 0. The van der Waals surface area contributed by atoms with Gasteiger partial charge in [0.05, 0.1) is 21.8 Å². The Labute approximate surface area is 95.1 Å². The van der Waals surface area contributed by atoms with Gasteiger partial charge in [0, 0.05) is 0 Å². The van der Waals surface area contributed by atoms with Crippen LogP contribution in [-0.2, 0) is 0 Å². The average Bonchev–Trinajstić information content (AvgIpc) is 2.64. The quantitative estimate of drug-likeness (QED) is 0.790. The molecule has 0 aliphatic heterocycles.